The van der Waals surface area contributed by atoms with E-state index in [-0.39, 0.29) is 12.3 Å². The zero-order valence-corrected chi connectivity index (χ0v) is 7.63. The second-order valence-electron chi connectivity index (χ2n) is 2.21. The van der Waals surface area contributed by atoms with Crippen LogP contribution in [0, 0.1) is 0 Å². The maximum absolute atomic E-state index is 10.4. The van der Waals surface area contributed by atoms with Crippen molar-refractivity contribution in [3.05, 3.63) is 16.1 Å². The van der Waals surface area contributed by atoms with E-state index in [1.807, 2.05) is 0 Å². The van der Waals surface area contributed by atoms with Crippen LogP contribution in [-0.4, -0.2) is 22.0 Å². The Morgan fingerprint density at radius 1 is 1.69 bits per heavy atom. The van der Waals surface area contributed by atoms with Gasteiger partial charge in [0.25, 0.3) is 0 Å². The molecule has 1 aromatic rings. The summed E-state index contributed by atoms with van der Waals surface area (Å²) in [5.74, 6) is -1.49. The number of carboxylic acid groups (broad SMARTS) is 1. The molecule has 0 amide bonds. The third kappa shape index (κ3) is 2.83. The maximum atomic E-state index is 10.4. The van der Waals surface area contributed by atoms with E-state index < -0.39 is 11.9 Å². The fraction of sp³-hybridized carbons (Fsp3) is 0.286. The van der Waals surface area contributed by atoms with Crippen LogP contribution in [0.15, 0.2) is 5.38 Å². The van der Waals surface area contributed by atoms with Crippen LogP contribution >= 0.6 is 11.3 Å². The molecule has 13 heavy (non-hydrogen) atoms. The van der Waals surface area contributed by atoms with E-state index in [4.69, 9.17) is 5.11 Å². The minimum Gasteiger partial charge on any atom is -0.476 e. The van der Waals surface area contributed by atoms with Crippen LogP contribution in [0.1, 0.15) is 22.4 Å². The number of aromatic nitrogens is 1. The van der Waals surface area contributed by atoms with Gasteiger partial charge in [-0.1, -0.05) is 0 Å². The number of hydrogen-bond donors (Lipinski definition) is 1. The molecule has 0 aliphatic rings. The van der Waals surface area contributed by atoms with Gasteiger partial charge < -0.3 is 9.84 Å². The second kappa shape index (κ2) is 3.99. The standard InChI is InChI=1S/C7H7NO4S/c1-4(9)12-2-6-8-5(3-13-6)7(10)11/h3H,2H2,1H3,(H,10,11). The van der Waals surface area contributed by atoms with E-state index in [9.17, 15) is 9.59 Å². The molecule has 0 aliphatic carbocycles. The molecular weight excluding hydrogens is 194 g/mol. The number of aromatic carboxylic acids is 1. The van der Waals surface area contributed by atoms with Crippen LogP contribution < -0.4 is 0 Å². The summed E-state index contributed by atoms with van der Waals surface area (Å²) in [6.07, 6.45) is 0. The average molecular weight is 201 g/mol. The Hall–Kier alpha value is -1.43. The maximum Gasteiger partial charge on any atom is 0.355 e. The molecule has 0 aliphatic heterocycles. The molecule has 0 unspecified atom stereocenters. The molecule has 1 rings (SSSR count). The highest BCUT2D eigenvalue weighted by Crippen LogP contribution is 2.10. The quantitative estimate of drug-likeness (QED) is 0.735. The molecule has 0 spiro atoms. The number of esters is 1. The van der Waals surface area contributed by atoms with Gasteiger partial charge in [0.2, 0.25) is 0 Å². The minimum atomic E-state index is -1.08. The smallest absolute Gasteiger partial charge is 0.355 e. The summed E-state index contributed by atoms with van der Waals surface area (Å²) in [6, 6.07) is 0. The normalized spacial score (nSPS) is 9.62. The van der Waals surface area contributed by atoms with Gasteiger partial charge in [0.15, 0.2) is 5.69 Å². The fourth-order valence-corrected chi connectivity index (χ4v) is 1.32. The minimum absolute atomic E-state index is 0.0212. The van der Waals surface area contributed by atoms with E-state index in [1.54, 1.807) is 0 Å². The molecule has 0 fully saturated rings. The highest BCUT2D eigenvalue weighted by Gasteiger charge is 2.08. The predicted molar refractivity (Wildman–Crippen MR) is 44.5 cm³/mol. The molecule has 0 saturated carbocycles. The summed E-state index contributed by atoms with van der Waals surface area (Å²) in [5, 5.41) is 10.4. The Morgan fingerprint density at radius 3 is 2.85 bits per heavy atom. The van der Waals surface area contributed by atoms with Gasteiger partial charge in [-0.2, -0.15) is 0 Å². The van der Waals surface area contributed by atoms with Crippen LogP contribution in [0.3, 0.4) is 0 Å². The largest absolute Gasteiger partial charge is 0.476 e. The first-order valence-electron chi connectivity index (χ1n) is 3.40. The molecule has 0 radical (unpaired) electrons. The summed E-state index contributed by atoms with van der Waals surface area (Å²) in [7, 11) is 0. The number of carbonyl (C=O) groups excluding carboxylic acids is 1. The molecule has 1 aromatic heterocycles. The number of nitrogens with zero attached hydrogens (tertiary/aromatic N) is 1. The monoisotopic (exact) mass is 201 g/mol. The van der Waals surface area contributed by atoms with Crippen molar-refractivity contribution in [1.82, 2.24) is 4.98 Å². The van der Waals surface area contributed by atoms with Crippen LogP contribution in [0.4, 0.5) is 0 Å². The summed E-state index contributed by atoms with van der Waals surface area (Å²) < 4.78 is 4.64. The number of carboxylic acids is 1. The van der Waals surface area contributed by atoms with Crippen molar-refractivity contribution in [2.75, 3.05) is 0 Å². The van der Waals surface area contributed by atoms with E-state index in [2.05, 4.69) is 9.72 Å². The summed E-state index contributed by atoms with van der Waals surface area (Å²) in [5.41, 5.74) is -0.0212. The third-order valence-electron chi connectivity index (χ3n) is 1.17. The van der Waals surface area contributed by atoms with E-state index >= 15 is 0 Å². The van der Waals surface area contributed by atoms with Gasteiger partial charge >= 0.3 is 11.9 Å². The average Bonchev–Trinajstić information content (AvgIpc) is 2.48. The Balaban J connectivity index is 2.59. The van der Waals surface area contributed by atoms with Crippen molar-refractivity contribution in [3.63, 3.8) is 0 Å². The lowest BCUT2D eigenvalue weighted by molar-refractivity contribution is -0.142. The second-order valence-corrected chi connectivity index (χ2v) is 3.15. The summed E-state index contributed by atoms with van der Waals surface area (Å²) in [4.78, 5) is 24.5. The van der Waals surface area contributed by atoms with Crippen molar-refractivity contribution in [3.8, 4) is 0 Å². The first kappa shape index (κ1) is 9.66. The van der Waals surface area contributed by atoms with Crippen molar-refractivity contribution in [2.45, 2.75) is 13.5 Å². The molecule has 70 valence electrons. The van der Waals surface area contributed by atoms with Gasteiger partial charge in [0, 0.05) is 12.3 Å². The molecule has 0 saturated heterocycles. The molecule has 6 heteroatoms. The van der Waals surface area contributed by atoms with Gasteiger partial charge in [0.1, 0.15) is 11.6 Å². The van der Waals surface area contributed by atoms with Gasteiger partial charge in [-0.05, 0) is 0 Å². The zero-order chi connectivity index (χ0) is 9.84. The van der Waals surface area contributed by atoms with Crippen molar-refractivity contribution in [1.29, 1.82) is 0 Å². The lowest BCUT2D eigenvalue weighted by atomic mass is 10.5. The molecule has 1 heterocycles. The van der Waals surface area contributed by atoms with Gasteiger partial charge in [0.05, 0.1) is 0 Å². The Morgan fingerprint density at radius 2 is 2.38 bits per heavy atom. The Kier molecular flexibility index (Phi) is 2.97. The topological polar surface area (TPSA) is 76.5 Å². The van der Waals surface area contributed by atoms with Gasteiger partial charge in [-0.25, -0.2) is 9.78 Å². The summed E-state index contributed by atoms with van der Waals surface area (Å²) >= 11 is 1.15. The Labute approximate surface area is 78.0 Å². The van der Waals surface area contributed by atoms with Crippen LogP contribution in [-0.2, 0) is 16.1 Å². The fourth-order valence-electron chi connectivity index (χ4n) is 0.639. The molecule has 5 nitrogen and oxygen atoms in total. The van der Waals surface area contributed by atoms with Crippen LogP contribution in [0.25, 0.3) is 0 Å². The number of thiazole rings is 1. The number of carbonyl (C=O) groups is 2. The molecule has 0 aromatic carbocycles. The SMILES string of the molecule is CC(=O)OCc1nc(C(=O)O)cs1. The van der Waals surface area contributed by atoms with Crippen molar-refractivity contribution < 1.29 is 19.4 Å². The molecule has 1 N–H and O–H groups in total. The number of rotatable bonds is 3. The number of ether oxygens (including phenoxy) is 1. The lowest BCUT2D eigenvalue weighted by Gasteiger charge is -1.95. The van der Waals surface area contributed by atoms with Crippen LogP contribution in [0.2, 0.25) is 0 Å². The van der Waals surface area contributed by atoms with Crippen molar-refractivity contribution in [2.24, 2.45) is 0 Å². The predicted octanol–water partition coefficient (Wildman–Crippen LogP) is 0.904. The first-order chi connectivity index (χ1) is 6.09. The van der Waals surface area contributed by atoms with Gasteiger partial charge in [-0.15, -0.1) is 11.3 Å². The van der Waals surface area contributed by atoms with E-state index in [1.165, 1.54) is 12.3 Å². The highest BCUT2D eigenvalue weighted by atomic mass is 32.1. The highest BCUT2D eigenvalue weighted by molar-refractivity contribution is 7.09. The van der Waals surface area contributed by atoms with Gasteiger partial charge in [-0.3, -0.25) is 4.79 Å². The number of hydrogen-bond acceptors (Lipinski definition) is 5. The van der Waals surface area contributed by atoms with E-state index in [0.717, 1.165) is 11.3 Å². The van der Waals surface area contributed by atoms with E-state index in [0.29, 0.717) is 5.01 Å². The molecule has 0 atom stereocenters. The molecule has 0 bridgehead atoms. The van der Waals surface area contributed by atoms with Crippen molar-refractivity contribution >= 4 is 23.3 Å². The van der Waals surface area contributed by atoms with Crippen LogP contribution in [0.5, 0.6) is 0 Å². The lowest BCUT2D eigenvalue weighted by Crippen LogP contribution is -2.00. The summed E-state index contributed by atoms with van der Waals surface area (Å²) in [6.45, 7) is 1.32. The Bertz CT molecular complexity index is 333. The molecular formula is C7H7NO4S. The first-order valence-corrected chi connectivity index (χ1v) is 4.28. The zero-order valence-electron chi connectivity index (χ0n) is 6.81. The third-order valence-corrected chi connectivity index (χ3v) is 1.99.